The molecule has 0 saturated heterocycles. The predicted octanol–water partition coefficient (Wildman–Crippen LogP) is 3.25. The van der Waals surface area contributed by atoms with Crippen LogP contribution in [0, 0.1) is 0 Å². The number of ketones is 1. The Hall–Kier alpha value is -3.78. The maximum atomic E-state index is 12.5. The number of hydrogen-bond donors (Lipinski definition) is 2. The lowest BCUT2D eigenvalue weighted by Gasteiger charge is -2.08. The summed E-state index contributed by atoms with van der Waals surface area (Å²) in [5, 5.41) is 4.53. The van der Waals surface area contributed by atoms with E-state index >= 15 is 0 Å². The Morgan fingerprint density at radius 3 is 2.30 bits per heavy atom. The van der Waals surface area contributed by atoms with Crippen molar-refractivity contribution in [2.24, 2.45) is 0 Å². The van der Waals surface area contributed by atoms with Crippen molar-refractivity contribution in [3.8, 4) is 0 Å². The second-order valence-corrected chi connectivity index (χ2v) is 7.69. The normalized spacial score (nSPS) is 10.8. The molecule has 4 aromatic rings. The molecule has 0 spiro atoms. The molecule has 7 nitrogen and oxygen atoms in total. The van der Waals surface area contributed by atoms with Crippen LogP contribution in [0.5, 0.6) is 0 Å². The number of aromatic amines is 1. The van der Waals surface area contributed by atoms with E-state index in [0.29, 0.717) is 27.0 Å². The lowest BCUT2D eigenvalue weighted by Crippen LogP contribution is -2.34. The third kappa shape index (κ3) is 3.85. The van der Waals surface area contributed by atoms with E-state index in [2.05, 4.69) is 10.3 Å². The molecule has 1 amide bonds. The van der Waals surface area contributed by atoms with Gasteiger partial charge in [0.25, 0.3) is 11.5 Å². The van der Waals surface area contributed by atoms with Gasteiger partial charge in [-0.3, -0.25) is 19.0 Å². The molecule has 8 heteroatoms. The molecule has 0 radical (unpaired) electrons. The minimum Gasteiger partial charge on any atom is -0.322 e. The maximum absolute atomic E-state index is 12.5. The fourth-order valence-electron chi connectivity index (χ4n) is 3.05. The van der Waals surface area contributed by atoms with Crippen molar-refractivity contribution in [1.82, 2.24) is 9.55 Å². The molecule has 30 heavy (non-hydrogen) atoms. The molecule has 2 aromatic carbocycles. The van der Waals surface area contributed by atoms with Gasteiger partial charge >= 0.3 is 5.69 Å². The van der Waals surface area contributed by atoms with E-state index < -0.39 is 5.69 Å². The number of Topliss-reactive ketones (excluding diaryl/α,β-unsaturated/α-hetero) is 1. The number of carbonyl (C=O) groups is 2. The van der Waals surface area contributed by atoms with E-state index in [1.165, 1.54) is 18.3 Å². The molecule has 0 bridgehead atoms. The number of carbonyl (C=O) groups excluding carboxylic acids is 2. The van der Waals surface area contributed by atoms with Gasteiger partial charge in [0.05, 0.1) is 12.1 Å². The highest BCUT2D eigenvalue weighted by atomic mass is 32.1. The van der Waals surface area contributed by atoms with Crippen LogP contribution < -0.4 is 16.6 Å². The van der Waals surface area contributed by atoms with Crippen LogP contribution in [-0.4, -0.2) is 21.2 Å². The number of benzene rings is 2. The molecule has 0 aliphatic heterocycles. The SMILES string of the molecule is CC(=O)c1ccc(NC(=O)c2ccc(Cn3c(=O)[nH]c4ccsc4c3=O)cc2)cc1. The monoisotopic (exact) mass is 419 g/mol. The first-order chi connectivity index (χ1) is 14.4. The van der Waals surface area contributed by atoms with Crippen molar-refractivity contribution in [3.63, 3.8) is 0 Å². The fraction of sp³-hybridized carbons (Fsp3) is 0.0909. The van der Waals surface area contributed by atoms with Crippen molar-refractivity contribution in [2.75, 3.05) is 5.32 Å². The van der Waals surface area contributed by atoms with E-state index in [9.17, 15) is 19.2 Å². The van der Waals surface area contributed by atoms with Gasteiger partial charge in [-0.1, -0.05) is 12.1 Å². The zero-order valence-corrected chi connectivity index (χ0v) is 16.8. The second-order valence-electron chi connectivity index (χ2n) is 6.77. The molecule has 0 unspecified atom stereocenters. The summed E-state index contributed by atoms with van der Waals surface area (Å²) in [7, 11) is 0. The number of rotatable bonds is 5. The first kappa shape index (κ1) is 19.5. The first-order valence-corrected chi connectivity index (χ1v) is 10.0. The summed E-state index contributed by atoms with van der Waals surface area (Å²) in [6, 6.07) is 15.0. The number of aromatic nitrogens is 2. The van der Waals surface area contributed by atoms with Crippen molar-refractivity contribution in [1.29, 1.82) is 0 Å². The number of hydrogen-bond acceptors (Lipinski definition) is 5. The van der Waals surface area contributed by atoms with Crippen LogP contribution in [0.1, 0.15) is 33.2 Å². The van der Waals surface area contributed by atoms with E-state index in [1.54, 1.807) is 60.0 Å². The molecular formula is C22H17N3O4S. The minimum absolute atomic E-state index is 0.0420. The molecule has 0 fully saturated rings. The molecule has 2 aromatic heterocycles. The van der Waals surface area contributed by atoms with Gasteiger partial charge < -0.3 is 10.3 Å². The van der Waals surface area contributed by atoms with Gasteiger partial charge in [-0.15, -0.1) is 11.3 Å². The van der Waals surface area contributed by atoms with Crippen LogP contribution in [0.15, 0.2) is 69.6 Å². The third-order valence-electron chi connectivity index (χ3n) is 4.70. The van der Waals surface area contributed by atoms with Gasteiger partial charge in [0, 0.05) is 16.8 Å². The Bertz CT molecular complexity index is 1360. The second kappa shape index (κ2) is 7.92. The number of fused-ring (bicyclic) bond motifs is 1. The highest BCUT2D eigenvalue weighted by Gasteiger charge is 2.11. The lowest BCUT2D eigenvalue weighted by molar-refractivity contribution is 0.101. The van der Waals surface area contributed by atoms with Gasteiger partial charge in [-0.25, -0.2) is 4.79 Å². The summed E-state index contributed by atoms with van der Waals surface area (Å²) >= 11 is 1.28. The van der Waals surface area contributed by atoms with E-state index in [1.807, 2.05) is 0 Å². The van der Waals surface area contributed by atoms with E-state index in [4.69, 9.17) is 0 Å². The van der Waals surface area contributed by atoms with Crippen LogP contribution in [0.4, 0.5) is 5.69 Å². The number of anilines is 1. The first-order valence-electron chi connectivity index (χ1n) is 9.14. The summed E-state index contributed by atoms with van der Waals surface area (Å²) in [6.45, 7) is 1.59. The molecule has 4 rings (SSSR count). The fourth-order valence-corrected chi connectivity index (χ4v) is 3.85. The molecule has 150 valence electrons. The van der Waals surface area contributed by atoms with Crippen molar-refractivity contribution < 1.29 is 9.59 Å². The van der Waals surface area contributed by atoms with Crippen LogP contribution in [-0.2, 0) is 6.54 Å². The van der Waals surface area contributed by atoms with E-state index in [-0.39, 0.29) is 23.8 Å². The summed E-state index contributed by atoms with van der Waals surface area (Å²) in [5.41, 5.74) is 2.04. The Labute approximate surface area is 174 Å². The molecule has 0 atom stereocenters. The van der Waals surface area contributed by atoms with Gasteiger partial charge in [0.15, 0.2) is 5.78 Å². The summed E-state index contributed by atoms with van der Waals surface area (Å²) < 4.78 is 1.64. The molecular weight excluding hydrogens is 402 g/mol. The summed E-state index contributed by atoms with van der Waals surface area (Å²) in [4.78, 5) is 51.2. The zero-order valence-electron chi connectivity index (χ0n) is 16.0. The molecule has 0 saturated carbocycles. The Morgan fingerprint density at radius 1 is 0.967 bits per heavy atom. The topological polar surface area (TPSA) is 101 Å². The Morgan fingerprint density at radius 2 is 1.63 bits per heavy atom. The average Bonchev–Trinajstić information content (AvgIpc) is 3.20. The van der Waals surface area contributed by atoms with Gasteiger partial charge in [0.2, 0.25) is 0 Å². The van der Waals surface area contributed by atoms with E-state index in [0.717, 1.165) is 10.1 Å². The number of H-pyrrole nitrogens is 1. The molecule has 2 heterocycles. The maximum Gasteiger partial charge on any atom is 0.329 e. The summed E-state index contributed by atoms with van der Waals surface area (Å²) in [6.07, 6.45) is 0. The largest absolute Gasteiger partial charge is 0.329 e. The smallest absolute Gasteiger partial charge is 0.322 e. The van der Waals surface area contributed by atoms with Crippen LogP contribution in [0.25, 0.3) is 10.2 Å². The van der Waals surface area contributed by atoms with Crippen molar-refractivity contribution in [3.05, 3.63) is 97.5 Å². The van der Waals surface area contributed by atoms with Crippen LogP contribution in [0.2, 0.25) is 0 Å². The number of thiophene rings is 1. The van der Waals surface area contributed by atoms with Crippen molar-refractivity contribution >= 4 is 38.9 Å². The predicted molar refractivity (Wildman–Crippen MR) is 117 cm³/mol. The van der Waals surface area contributed by atoms with Crippen LogP contribution >= 0.6 is 11.3 Å². The standard InChI is InChI=1S/C22H17N3O4S/c1-13(26)15-6-8-17(9-7-15)23-20(27)16-4-2-14(3-5-16)12-25-21(28)19-18(10-11-30-19)24-22(25)29/h2-11H,12H2,1H3,(H,23,27)(H,24,29). The summed E-state index contributed by atoms with van der Waals surface area (Å²) in [5.74, 6) is -0.341. The number of nitrogens with one attached hydrogen (secondary N) is 2. The van der Waals surface area contributed by atoms with Crippen molar-refractivity contribution in [2.45, 2.75) is 13.5 Å². The minimum atomic E-state index is -0.471. The number of amides is 1. The molecule has 2 N–H and O–H groups in total. The average molecular weight is 419 g/mol. The highest BCUT2D eigenvalue weighted by Crippen LogP contribution is 2.14. The van der Waals surface area contributed by atoms with Crippen LogP contribution in [0.3, 0.4) is 0 Å². The highest BCUT2D eigenvalue weighted by molar-refractivity contribution is 7.17. The third-order valence-corrected chi connectivity index (χ3v) is 5.60. The zero-order chi connectivity index (χ0) is 21.3. The molecule has 0 aliphatic rings. The van der Waals surface area contributed by atoms with Gasteiger partial charge in [-0.2, -0.15) is 0 Å². The van der Waals surface area contributed by atoms with Gasteiger partial charge in [-0.05, 0) is 60.3 Å². The lowest BCUT2D eigenvalue weighted by atomic mass is 10.1. The number of nitrogens with zero attached hydrogens (tertiary/aromatic N) is 1. The quantitative estimate of drug-likeness (QED) is 0.485. The molecule has 0 aliphatic carbocycles. The van der Waals surface area contributed by atoms with Gasteiger partial charge in [0.1, 0.15) is 4.70 Å². The Kier molecular flexibility index (Phi) is 5.16. The Balaban J connectivity index is 1.50.